The van der Waals surface area contributed by atoms with Crippen LogP contribution >= 0.6 is 15.9 Å². The van der Waals surface area contributed by atoms with Gasteiger partial charge in [0.25, 0.3) is 5.91 Å². The first-order valence-electron chi connectivity index (χ1n) is 6.53. The van der Waals surface area contributed by atoms with Gasteiger partial charge in [0.05, 0.1) is 0 Å². The van der Waals surface area contributed by atoms with Crippen LogP contribution in [0.2, 0.25) is 0 Å². The van der Waals surface area contributed by atoms with Gasteiger partial charge in [-0.3, -0.25) is 9.59 Å². The third-order valence-electron chi connectivity index (χ3n) is 3.67. The van der Waals surface area contributed by atoms with Gasteiger partial charge in [-0.25, -0.2) is 0 Å². The van der Waals surface area contributed by atoms with E-state index in [1.807, 2.05) is 32.2 Å². The molecule has 0 saturated heterocycles. The predicted octanol–water partition coefficient (Wildman–Crippen LogP) is 3.34. The van der Waals surface area contributed by atoms with Crippen LogP contribution in [-0.4, -0.2) is 29.7 Å². The molecule has 0 radical (unpaired) electrons. The van der Waals surface area contributed by atoms with Crippen molar-refractivity contribution in [3.63, 3.8) is 0 Å². The second-order valence-corrected chi connectivity index (χ2v) is 6.12. The van der Waals surface area contributed by atoms with E-state index in [0.717, 1.165) is 22.9 Å². The summed E-state index contributed by atoms with van der Waals surface area (Å²) in [6.45, 7) is 1.97. The van der Waals surface area contributed by atoms with Gasteiger partial charge < -0.3 is 4.90 Å². The Balaban J connectivity index is 2.12. The lowest BCUT2D eigenvalue weighted by atomic mass is 9.93. The van der Waals surface area contributed by atoms with Gasteiger partial charge in [-0.15, -0.1) is 0 Å². The summed E-state index contributed by atoms with van der Waals surface area (Å²) in [6, 6.07) is 5.91. The molecule has 1 saturated carbocycles. The van der Waals surface area contributed by atoms with Crippen LogP contribution in [0.1, 0.15) is 41.6 Å². The van der Waals surface area contributed by atoms with Crippen LogP contribution in [0.5, 0.6) is 0 Å². The van der Waals surface area contributed by atoms with Crippen molar-refractivity contribution in [2.45, 2.75) is 38.6 Å². The molecule has 19 heavy (non-hydrogen) atoms. The lowest BCUT2D eigenvalue weighted by molar-refractivity contribution is -0.121. The highest BCUT2D eigenvalue weighted by atomic mass is 79.9. The molecule has 1 aromatic carbocycles. The van der Waals surface area contributed by atoms with E-state index in [0.29, 0.717) is 24.2 Å². The largest absolute Gasteiger partial charge is 0.339 e. The smallest absolute Gasteiger partial charge is 0.253 e. The summed E-state index contributed by atoms with van der Waals surface area (Å²) < 4.78 is 0.920. The normalized spacial score (nSPS) is 16.5. The molecular weight excluding hydrogens is 306 g/mol. The van der Waals surface area contributed by atoms with Crippen LogP contribution in [0.3, 0.4) is 0 Å². The van der Waals surface area contributed by atoms with Crippen LogP contribution in [0.4, 0.5) is 0 Å². The van der Waals surface area contributed by atoms with Gasteiger partial charge in [-0.05, 0) is 43.5 Å². The molecule has 0 aromatic heterocycles. The van der Waals surface area contributed by atoms with Gasteiger partial charge in [0.2, 0.25) is 0 Å². The van der Waals surface area contributed by atoms with Crippen LogP contribution in [0.15, 0.2) is 22.7 Å². The fourth-order valence-corrected chi connectivity index (χ4v) is 3.15. The third kappa shape index (κ3) is 3.44. The molecule has 0 aliphatic heterocycles. The van der Waals surface area contributed by atoms with E-state index >= 15 is 0 Å². The molecule has 0 bridgehead atoms. The van der Waals surface area contributed by atoms with Gasteiger partial charge in [0.15, 0.2) is 0 Å². The van der Waals surface area contributed by atoms with Crippen molar-refractivity contribution in [3.8, 4) is 0 Å². The van der Waals surface area contributed by atoms with Gasteiger partial charge in [0.1, 0.15) is 5.78 Å². The average Bonchev–Trinajstić information content (AvgIpc) is 2.37. The maximum Gasteiger partial charge on any atom is 0.253 e. The minimum atomic E-state index is 0.0312. The SMILES string of the molecule is Cc1cc(Br)cc(C(=O)N(C)C2CCC(=O)CC2)c1. The van der Waals surface area contributed by atoms with E-state index in [9.17, 15) is 9.59 Å². The van der Waals surface area contributed by atoms with Crippen molar-refractivity contribution < 1.29 is 9.59 Å². The van der Waals surface area contributed by atoms with Crippen molar-refractivity contribution in [2.75, 3.05) is 7.05 Å². The molecule has 2 rings (SSSR count). The summed E-state index contributed by atoms with van der Waals surface area (Å²) in [6.07, 6.45) is 2.77. The fourth-order valence-electron chi connectivity index (χ4n) is 2.54. The first-order valence-corrected chi connectivity index (χ1v) is 7.32. The number of carbonyl (C=O) groups excluding carboxylic acids is 2. The number of amides is 1. The maximum absolute atomic E-state index is 12.5. The van der Waals surface area contributed by atoms with Crippen LogP contribution in [-0.2, 0) is 4.79 Å². The number of rotatable bonds is 2. The number of carbonyl (C=O) groups is 2. The van der Waals surface area contributed by atoms with Crippen molar-refractivity contribution in [3.05, 3.63) is 33.8 Å². The average molecular weight is 324 g/mol. The van der Waals surface area contributed by atoms with Crippen molar-refractivity contribution in [2.24, 2.45) is 0 Å². The first kappa shape index (κ1) is 14.3. The number of nitrogens with zero attached hydrogens (tertiary/aromatic N) is 1. The molecular formula is C15H18BrNO2. The highest BCUT2D eigenvalue weighted by Crippen LogP contribution is 2.22. The second kappa shape index (κ2) is 5.87. The molecule has 0 heterocycles. The van der Waals surface area contributed by atoms with Crippen molar-refractivity contribution >= 4 is 27.6 Å². The Kier molecular flexibility index (Phi) is 4.40. The lowest BCUT2D eigenvalue weighted by Crippen LogP contribution is -2.39. The minimum Gasteiger partial charge on any atom is -0.339 e. The summed E-state index contributed by atoms with van der Waals surface area (Å²) in [5, 5.41) is 0. The number of hydrogen-bond acceptors (Lipinski definition) is 2. The molecule has 1 aliphatic carbocycles. The number of halogens is 1. The summed E-state index contributed by atoms with van der Waals surface area (Å²) in [5.41, 5.74) is 1.76. The zero-order valence-corrected chi connectivity index (χ0v) is 12.9. The lowest BCUT2D eigenvalue weighted by Gasteiger charge is -2.31. The van der Waals surface area contributed by atoms with E-state index in [2.05, 4.69) is 15.9 Å². The summed E-state index contributed by atoms with van der Waals surface area (Å²) in [4.78, 5) is 25.5. The topological polar surface area (TPSA) is 37.4 Å². The molecule has 0 spiro atoms. The Morgan fingerprint density at radius 2 is 1.89 bits per heavy atom. The third-order valence-corrected chi connectivity index (χ3v) is 4.13. The minimum absolute atomic E-state index is 0.0312. The number of hydrogen-bond donors (Lipinski definition) is 0. The Hall–Kier alpha value is -1.16. The van der Waals surface area contributed by atoms with E-state index in [-0.39, 0.29) is 11.9 Å². The standard InChI is InChI=1S/C15H18BrNO2/c1-10-7-11(9-12(16)8-10)15(19)17(2)13-3-5-14(18)6-4-13/h7-9,13H,3-6H2,1-2H3. The maximum atomic E-state index is 12.5. The quantitative estimate of drug-likeness (QED) is 0.837. The predicted molar refractivity (Wildman–Crippen MR) is 78.2 cm³/mol. The first-order chi connectivity index (χ1) is 8.97. The van der Waals surface area contributed by atoms with Crippen LogP contribution < -0.4 is 0 Å². The summed E-state index contributed by atoms with van der Waals surface area (Å²) in [5.74, 6) is 0.346. The molecule has 0 N–H and O–H groups in total. The zero-order valence-electron chi connectivity index (χ0n) is 11.3. The fraction of sp³-hybridized carbons (Fsp3) is 0.467. The van der Waals surface area contributed by atoms with E-state index in [1.54, 1.807) is 4.90 Å². The van der Waals surface area contributed by atoms with Gasteiger partial charge >= 0.3 is 0 Å². The molecule has 4 heteroatoms. The Labute approximate surface area is 122 Å². The van der Waals surface area contributed by atoms with Crippen molar-refractivity contribution in [1.29, 1.82) is 0 Å². The number of Topliss-reactive ketones (excluding diaryl/α,β-unsaturated/α-hetero) is 1. The molecule has 0 atom stereocenters. The van der Waals surface area contributed by atoms with Crippen LogP contribution in [0.25, 0.3) is 0 Å². The summed E-state index contributed by atoms with van der Waals surface area (Å²) >= 11 is 3.42. The number of aryl methyl sites for hydroxylation is 1. The van der Waals surface area contributed by atoms with E-state index in [4.69, 9.17) is 0 Å². The Bertz CT molecular complexity index is 483. The zero-order chi connectivity index (χ0) is 14.0. The second-order valence-electron chi connectivity index (χ2n) is 5.20. The highest BCUT2D eigenvalue weighted by molar-refractivity contribution is 9.10. The van der Waals surface area contributed by atoms with Gasteiger partial charge in [-0.2, -0.15) is 0 Å². The van der Waals surface area contributed by atoms with Gasteiger partial charge in [0, 0.05) is 36.0 Å². The molecule has 1 aromatic rings. The van der Waals surface area contributed by atoms with E-state index in [1.165, 1.54) is 0 Å². The highest BCUT2D eigenvalue weighted by Gasteiger charge is 2.25. The number of ketones is 1. The van der Waals surface area contributed by atoms with Crippen LogP contribution in [0, 0.1) is 6.92 Å². The molecule has 1 aliphatic rings. The van der Waals surface area contributed by atoms with Crippen molar-refractivity contribution in [1.82, 2.24) is 4.90 Å². The molecule has 0 unspecified atom stereocenters. The van der Waals surface area contributed by atoms with Gasteiger partial charge in [-0.1, -0.05) is 15.9 Å². The van der Waals surface area contributed by atoms with E-state index < -0.39 is 0 Å². The molecule has 1 amide bonds. The monoisotopic (exact) mass is 323 g/mol. The Morgan fingerprint density at radius 1 is 1.26 bits per heavy atom. The number of benzene rings is 1. The molecule has 3 nitrogen and oxygen atoms in total. The Morgan fingerprint density at radius 3 is 2.47 bits per heavy atom. The summed E-state index contributed by atoms with van der Waals surface area (Å²) in [7, 11) is 1.83. The molecule has 102 valence electrons. The molecule has 1 fully saturated rings.